The van der Waals surface area contributed by atoms with E-state index in [1.165, 1.54) is 24.3 Å². The molecule has 1 heterocycles. The van der Waals surface area contributed by atoms with Gasteiger partial charge in [-0.15, -0.1) is 11.3 Å². The maximum atomic E-state index is 12.2. The first-order valence-corrected chi connectivity index (χ1v) is 7.74. The average Bonchev–Trinajstić information content (AvgIpc) is 2.94. The summed E-state index contributed by atoms with van der Waals surface area (Å²) >= 11 is 1.02. The van der Waals surface area contributed by atoms with Crippen LogP contribution in [0.4, 0.5) is 0 Å². The van der Waals surface area contributed by atoms with Crippen molar-refractivity contribution in [3.63, 3.8) is 0 Å². The van der Waals surface area contributed by atoms with Gasteiger partial charge in [-0.2, -0.15) is 5.26 Å². The van der Waals surface area contributed by atoms with Crippen LogP contribution in [0.5, 0.6) is 11.5 Å². The summed E-state index contributed by atoms with van der Waals surface area (Å²) in [5, 5.41) is 29.2. The summed E-state index contributed by atoms with van der Waals surface area (Å²) in [7, 11) is -3.85. The highest BCUT2D eigenvalue weighted by Gasteiger charge is 2.21. The number of allylic oxidation sites excluding steroid dienone is 1. The number of thiophene rings is 1. The minimum Gasteiger partial charge on any atom is -0.504 e. The normalized spacial score (nSPS) is 12.1. The first-order chi connectivity index (χ1) is 9.45. The molecule has 0 amide bonds. The first-order valence-electron chi connectivity index (χ1n) is 5.37. The topological polar surface area (TPSA) is 98.4 Å². The van der Waals surface area contributed by atoms with E-state index in [1.54, 1.807) is 17.5 Å². The highest BCUT2D eigenvalue weighted by molar-refractivity contribution is 7.97. The quantitative estimate of drug-likeness (QED) is 0.670. The molecule has 0 saturated heterocycles. The summed E-state index contributed by atoms with van der Waals surface area (Å²) in [6.45, 7) is 0. The molecule has 0 radical (unpaired) electrons. The Morgan fingerprint density at radius 2 is 2.00 bits per heavy atom. The lowest BCUT2D eigenvalue weighted by molar-refractivity contribution is 0.403. The third kappa shape index (κ3) is 2.66. The molecule has 7 heteroatoms. The molecule has 0 aliphatic heterocycles. The lowest BCUT2D eigenvalue weighted by Gasteiger charge is -2.01. The highest BCUT2D eigenvalue weighted by Crippen LogP contribution is 2.28. The van der Waals surface area contributed by atoms with Gasteiger partial charge in [-0.25, -0.2) is 8.42 Å². The summed E-state index contributed by atoms with van der Waals surface area (Å²) < 4.78 is 24.5. The number of nitriles is 1. The fourth-order valence-corrected chi connectivity index (χ4v) is 3.75. The van der Waals surface area contributed by atoms with E-state index in [1.807, 2.05) is 0 Å². The lowest BCUT2D eigenvalue weighted by Crippen LogP contribution is -2.01. The standard InChI is InChI=1S/C13H9NO4S2/c14-8-10(20(17,18)13-2-1-5-19-13)6-9-3-4-11(15)12(16)7-9/h1-7,15-16H. The average molecular weight is 307 g/mol. The van der Waals surface area contributed by atoms with Gasteiger partial charge in [0.1, 0.15) is 10.3 Å². The van der Waals surface area contributed by atoms with Crippen molar-refractivity contribution in [3.05, 3.63) is 46.2 Å². The number of hydrogen-bond acceptors (Lipinski definition) is 6. The summed E-state index contributed by atoms with van der Waals surface area (Å²) in [5.74, 6) is -0.702. The van der Waals surface area contributed by atoms with Gasteiger partial charge in [0.15, 0.2) is 16.4 Å². The molecule has 0 bridgehead atoms. The molecule has 0 aliphatic rings. The van der Waals surface area contributed by atoms with Crippen molar-refractivity contribution in [3.8, 4) is 17.6 Å². The zero-order valence-corrected chi connectivity index (χ0v) is 11.6. The Bertz CT molecular complexity index is 799. The van der Waals surface area contributed by atoms with E-state index in [9.17, 15) is 18.6 Å². The summed E-state index contributed by atoms with van der Waals surface area (Å²) in [5.41, 5.74) is 0.303. The van der Waals surface area contributed by atoms with Crippen molar-refractivity contribution in [2.75, 3.05) is 0 Å². The number of rotatable bonds is 3. The highest BCUT2D eigenvalue weighted by atomic mass is 32.2. The smallest absolute Gasteiger partial charge is 0.226 e. The number of phenols is 2. The van der Waals surface area contributed by atoms with E-state index < -0.39 is 14.7 Å². The third-order valence-electron chi connectivity index (χ3n) is 2.46. The second-order valence-electron chi connectivity index (χ2n) is 3.80. The van der Waals surface area contributed by atoms with Gasteiger partial charge in [0.2, 0.25) is 9.84 Å². The fourth-order valence-electron chi connectivity index (χ4n) is 1.48. The van der Waals surface area contributed by atoms with Gasteiger partial charge in [-0.1, -0.05) is 12.1 Å². The van der Waals surface area contributed by atoms with Crippen molar-refractivity contribution < 1.29 is 18.6 Å². The van der Waals surface area contributed by atoms with Crippen LogP contribution in [0.3, 0.4) is 0 Å². The van der Waals surface area contributed by atoms with Crippen molar-refractivity contribution in [1.29, 1.82) is 5.26 Å². The summed E-state index contributed by atoms with van der Waals surface area (Å²) in [4.78, 5) is -0.426. The number of nitrogens with zero attached hydrogens (tertiary/aromatic N) is 1. The Morgan fingerprint density at radius 3 is 2.55 bits per heavy atom. The molecule has 5 nitrogen and oxygen atoms in total. The van der Waals surface area contributed by atoms with Crippen molar-refractivity contribution >= 4 is 27.3 Å². The number of hydrogen-bond donors (Lipinski definition) is 2. The molecule has 0 unspecified atom stereocenters. The number of aromatic hydroxyl groups is 2. The van der Waals surface area contributed by atoms with Crippen LogP contribution < -0.4 is 0 Å². The monoisotopic (exact) mass is 307 g/mol. The predicted octanol–water partition coefficient (Wildman–Crippen LogP) is 2.50. The molecule has 2 aromatic rings. The van der Waals surface area contributed by atoms with Crippen LogP contribution in [0.1, 0.15) is 5.56 Å². The second-order valence-corrected chi connectivity index (χ2v) is 6.90. The van der Waals surface area contributed by atoms with Gasteiger partial charge in [-0.05, 0) is 35.2 Å². The van der Waals surface area contributed by atoms with Crippen LogP contribution in [0.15, 0.2) is 44.8 Å². The van der Waals surface area contributed by atoms with E-state index in [-0.39, 0.29) is 15.7 Å². The molecule has 2 rings (SSSR count). The molecule has 0 saturated carbocycles. The predicted molar refractivity (Wildman–Crippen MR) is 74.9 cm³/mol. The molecular formula is C13H9NO4S2. The first kappa shape index (κ1) is 14.1. The van der Waals surface area contributed by atoms with Crippen molar-refractivity contribution in [2.45, 2.75) is 4.21 Å². The zero-order valence-electron chi connectivity index (χ0n) is 10.0. The van der Waals surface area contributed by atoms with Crippen molar-refractivity contribution in [1.82, 2.24) is 0 Å². The molecule has 20 heavy (non-hydrogen) atoms. The second kappa shape index (κ2) is 5.36. The Labute approximate surface area is 119 Å². The largest absolute Gasteiger partial charge is 0.504 e. The van der Waals surface area contributed by atoms with E-state index in [4.69, 9.17) is 5.26 Å². The van der Waals surface area contributed by atoms with Gasteiger partial charge < -0.3 is 10.2 Å². The third-order valence-corrected chi connectivity index (χ3v) is 5.52. The molecule has 0 spiro atoms. The number of benzene rings is 1. The molecule has 0 fully saturated rings. The van der Waals surface area contributed by atoms with Crippen LogP contribution in [0, 0.1) is 11.3 Å². The summed E-state index contributed by atoms with van der Waals surface area (Å²) in [6, 6.07) is 8.44. The lowest BCUT2D eigenvalue weighted by atomic mass is 10.2. The molecule has 1 aromatic carbocycles. The van der Waals surface area contributed by atoms with Crippen molar-refractivity contribution in [2.24, 2.45) is 0 Å². The Kier molecular flexibility index (Phi) is 3.79. The maximum absolute atomic E-state index is 12.2. The van der Waals surface area contributed by atoms with Gasteiger partial charge in [-0.3, -0.25) is 0 Å². The van der Waals surface area contributed by atoms with Gasteiger partial charge in [0, 0.05) is 0 Å². The zero-order chi connectivity index (χ0) is 14.8. The molecule has 1 aromatic heterocycles. The van der Waals surface area contributed by atoms with E-state index in [0.29, 0.717) is 5.56 Å². The number of sulfone groups is 1. The fraction of sp³-hybridized carbons (Fsp3) is 0. The van der Waals surface area contributed by atoms with E-state index in [0.717, 1.165) is 17.4 Å². The molecule has 2 N–H and O–H groups in total. The van der Waals surface area contributed by atoms with Crippen LogP contribution in [0.2, 0.25) is 0 Å². The molecule has 102 valence electrons. The summed E-state index contributed by atoms with van der Waals surface area (Å²) in [6.07, 6.45) is 1.15. The Hall–Kier alpha value is -2.30. The number of phenolic OH excluding ortho intramolecular Hbond substituents is 2. The maximum Gasteiger partial charge on any atom is 0.226 e. The van der Waals surface area contributed by atoms with E-state index in [2.05, 4.69) is 0 Å². The van der Waals surface area contributed by atoms with Crippen LogP contribution in [-0.2, 0) is 9.84 Å². The molecule has 0 atom stereocenters. The van der Waals surface area contributed by atoms with Crippen LogP contribution in [-0.4, -0.2) is 18.6 Å². The van der Waals surface area contributed by atoms with Gasteiger partial charge in [0.05, 0.1) is 0 Å². The SMILES string of the molecule is N#CC(=Cc1ccc(O)c(O)c1)S(=O)(=O)c1cccs1. The van der Waals surface area contributed by atoms with Crippen LogP contribution >= 0.6 is 11.3 Å². The Morgan fingerprint density at radius 1 is 1.25 bits per heavy atom. The Balaban J connectivity index is 2.50. The van der Waals surface area contributed by atoms with E-state index >= 15 is 0 Å². The minimum absolute atomic E-state index is 0.0771. The molecule has 0 aliphatic carbocycles. The van der Waals surface area contributed by atoms with Gasteiger partial charge >= 0.3 is 0 Å². The molecular weight excluding hydrogens is 298 g/mol. The van der Waals surface area contributed by atoms with Gasteiger partial charge in [0.25, 0.3) is 0 Å². The van der Waals surface area contributed by atoms with Crippen LogP contribution in [0.25, 0.3) is 6.08 Å². The minimum atomic E-state index is -3.85.